The summed E-state index contributed by atoms with van der Waals surface area (Å²) in [5.74, 6) is 0.783. The highest BCUT2D eigenvalue weighted by Gasteiger charge is 2.28. The third-order valence-electron chi connectivity index (χ3n) is 4.09. The molecule has 1 heterocycles. The van der Waals surface area contributed by atoms with Crippen molar-refractivity contribution in [1.29, 1.82) is 0 Å². The molecule has 0 spiro atoms. The number of rotatable bonds is 8. The van der Waals surface area contributed by atoms with Gasteiger partial charge in [0.25, 0.3) is 0 Å². The molecule has 112 valence electrons. The maximum absolute atomic E-state index is 12.0. The first-order chi connectivity index (χ1) is 9.09. The zero-order valence-corrected chi connectivity index (χ0v) is 12.5. The summed E-state index contributed by atoms with van der Waals surface area (Å²) in [5.41, 5.74) is 5.56. The normalized spacial score (nSPS) is 19.9. The van der Waals surface area contributed by atoms with E-state index in [1.165, 1.54) is 12.8 Å². The van der Waals surface area contributed by atoms with Crippen molar-refractivity contribution in [2.75, 3.05) is 19.8 Å². The van der Waals surface area contributed by atoms with Crippen LogP contribution in [0.4, 0.5) is 0 Å². The lowest BCUT2D eigenvalue weighted by atomic mass is 9.91. The van der Waals surface area contributed by atoms with E-state index in [1.807, 2.05) is 0 Å². The van der Waals surface area contributed by atoms with Crippen molar-refractivity contribution in [2.45, 2.75) is 64.3 Å². The van der Waals surface area contributed by atoms with Crippen molar-refractivity contribution in [3.63, 3.8) is 0 Å². The Bertz CT molecular complexity index is 257. The lowest BCUT2D eigenvalue weighted by Gasteiger charge is -2.34. The minimum Gasteiger partial charge on any atom is -0.381 e. The standard InChI is InChI=1S/C15H30N2O2/c1-3-4-13(7-10-16)5-6-14(18)17-15(2)8-11-19-12-9-15/h13H,3-12,16H2,1-2H3,(H,17,18). The predicted molar refractivity (Wildman–Crippen MR) is 77.9 cm³/mol. The number of ether oxygens (including phenoxy) is 1. The number of carbonyl (C=O) groups excluding carboxylic acids is 1. The molecule has 1 rings (SSSR count). The Balaban J connectivity index is 2.29. The number of hydrogen-bond donors (Lipinski definition) is 2. The lowest BCUT2D eigenvalue weighted by molar-refractivity contribution is -0.124. The van der Waals surface area contributed by atoms with Gasteiger partial charge in [0.2, 0.25) is 5.91 Å². The predicted octanol–water partition coefficient (Wildman–Crippen LogP) is 2.22. The smallest absolute Gasteiger partial charge is 0.220 e. The van der Waals surface area contributed by atoms with Crippen molar-refractivity contribution >= 4 is 5.91 Å². The molecule has 0 aromatic heterocycles. The molecule has 0 bridgehead atoms. The largest absolute Gasteiger partial charge is 0.381 e. The average Bonchev–Trinajstić information content (AvgIpc) is 2.37. The molecule has 4 nitrogen and oxygen atoms in total. The highest BCUT2D eigenvalue weighted by molar-refractivity contribution is 5.76. The summed E-state index contributed by atoms with van der Waals surface area (Å²) in [6.07, 6.45) is 6.80. The monoisotopic (exact) mass is 270 g/mol. The van der Waals surface area contributed by atoms with Gasteiger partial charge in [0, 0.05) is 25.2 Å². The number of carbonyl (C=O) groups is 1. The molecule has 1 atom stereocenters. The molecule has 0 aromatic rings. The van der Waals surface area contributed by atoms with Gasteiger partial charge in [-0.25, -0.2) is 0 Å². The SMILES string of the molecule is CCCC(CCN)CCC(=O)NC1(C)CCOCC1. The van der Waals surface area contributed by atoms with Gasteiger partial charge in [-0.3, -0.25) is 4.79 Å². The highest BCUT2D eigenvalue weighted by atomic mass is 16.5. The minimum absolute atomic E-state index is 0.0660. The molecule has 0 radical (unpaired) electrons. The first-order valence-electron chi connectivity index (χ1n) is 7.68. The van der Waals surface area contributed by atoms with Crippen LogP contribution in [0.25, 0.3) is 0 Å². The summed E-state index contributed by atoms with van der Waals surface area (Å²) in [4.78, 5) is 12.0. The molecule has 1 amide bonds. The summed E-state index contributed by atoms with van der Waals surface area (Å²) < 4.78 is 5.34. The van der Waals surface area contributed by atoms with Crippen LogP contribution in [0.5, 0.6) is 0 Å². The molecule has 1 unspecified atom stereocenters. The maximum Gasteiger partial charge on any atom is 0.220 e. The Kier molecular flexibility index (Phi) is 7.39. The number of nitrogens with one attached hydrogen (secondary N) is 1. The quantitative estimate of drug-likeness (QED) is 0.711. The van der Waals surface area contributed by atoms with Gasteiger partial charge in [0.1, 0.15) is 0 Å². The zero-order chi connectivity index (χ0) is 14.1. The summed E-state index contributed by atoms with van der Waals surface area (Å²) in [7, 11) is 0. The fourth-order valence-corrected chi connectivity index (χ4v) is 2.76. The number of nitrogens with two attached hydrogens (primary N) is 1. The Morgan fingerprint density at radius 1 is 1.32 bits per heavy atom. The van der Waals surface area contributed by atoms with Gasteiger partial charge in [0.15, 0.2) is 0 Å². The van der Waals surface area contributed by atoms with Crippen molar-refractivity contribution < 1.29 is 9.53 Å². The average molecular weight is 270 g/mol. The fraction of sp³-hybridized carbons (Fsp3) is 0.933. The molecular formula is C15H30N2O2. The summed E-state index contributed by atoms with van der Waals surface area (Å²) in [5, 5.41) is 3.18. The summed E-state index contributed by atoms with van der Waals surface area (Å²) in [6, 6.07) is 0. The zero-order valence-electron chi connectivity index (χ0n) is 12.5. The highest BCUT2D eigenvalue weighted by Crippen LogP contribution is 2.21. The minimum atomic E-state index is -0.0660. The summed E-state index contributed by atoms with van der Waals surface area (Å²) in [6.45, 7) is 6.54. The van der Waals surface area contributed by atoms with Crippen LogP contribution >= 0.6 is 0 Å². The van der Waals surface area contributed by atoms with E-state index < -0.39 is 0 Å². The van der Waals surface area contributed by atoms with Gasteiger partial charge >= 0.3 is 0 Å². The van der Waals surface area contributed by atoms with E-state index in [1.54, 1.807) is 0 Å². The van der Waals surface area contributed by atoms with Crippen molar-refractivity contribution in [3.8, 4) is 0 Å². The van der Waals surface area contributed by atoms with Crippen LogP contribution in [0.3, 0.4) is 0 Å². The molecule has 4 heteroatoms. The van der Waals surface area contributed by atoms with Crippen LogP contribution < -0.4 is 11.1 Å². The van der Waals surface area contributed by atoms with Crippen LogP contribution in [0, 0.1) is 5.92 Å². The van der Waals surface area contributed by atoms with Crippen LogP contribution in [-0.4, -0.2) is 31.2 Å². The van der Waals surface area contributed by atoms with Gasteiger partial charge in [0.05, 0.1) is 0 Å². The van der Waals surface area contributed by atoms with Crippen LogP contribution in [0.1, 0.15) is 58.8 Å². The van der Waals surface area contributed by atoms with Gasteiger partial charge < -0.3 is 15.8 Å². The van der Waals surface area contributed by atoms with Gasteiger partial charge in [-0.05, 0) is 45.1 Å². The van der Waals surface area contributed by atoms with Gasteiger partial charge in [-0.1, -0.05) is 19.8 Å². The topological polar surface area (TPSA) is 64.4 Å². The van der Waals surface area contributed by atoms with E-state index in [0.717, 1.165) is 45.4 Å². The molecule has 3 N–H and O–H groups in total. The fourth-order valence-electron chi connectivity index (χ4n) is 2.76. The number of hydrogen-bond acceptors (Lipinski definition) is 3. The van der Waals surface area contributed by atoms with Crippen molar-refractivity contribution in [3.05, 3.63) is 0 Å². The van der Waals surface area contributed by atoms with Crippen molar-refractivity contribution in [1.82, 2.24) is 5.32 Å². The molecule has 19 heavy (non-hydrogen) atoms. The third-order valence-corrected chi connectivity index (χ3v) is 4.09. The third kappa shape index (κ3) is 6.39. The lowest BCUT2D eigenvalue weighted by Crippen LogP contribution is -2.49. The van der Waals surface area contributed by atoms with E-state index in [-0.39, 0.29) is 11.4 Å². The van der Waals surface area contributed by atoms with Crippen LogP contribution in [0.15, 0.2) is 0 Å². The first kappa shape index (κ1) is 16.4. The molecule has 1 aliphatic heterocycles. The Morgan fingerprint density at radius 2 is 2.00 bits per heavy atom. The van der Waals surface area contributed by atoms with E-state index in [9.17, 15) is 4.79 Å². The number of amides is 1. The molecule has 1 aliphatic rings. The van der Waals surface area contributed by atoms with E-state index in [4.69, 9.17) is 10.5 Å². The molecular weight excluding hydrogens is 240 g/mol. The van der Waals surface area contributed by atoms with Gasteiger partial charge in [-0.15, -0.1) is 0 Å². The second kappa shape index (κ2) is 8.54. The Labute approximate surface area is 117 Å². The summed E-state index contributed by atoms with van der Waals surface area (Å²) >= 11 is 0. The van der Waals surface area contributed by atoms with Crippen LogP contribution in [-0.2, 0) is 9.53 Å². The van der Waals surface area contributed by atoms with E-state index in [0.29, 0.717) is 12.3 Å². The van der Waals surface area contributed by atoms with Crippen LogP contribution in [0.2, 0.25) is 0 Å². The Morgan fingerprint density at radius 3 is 2.58 bits per heavy atom. The second-order valence-corrected chi connectivity index (χ2v) is 5.99. The molecule has 1 fully saturated rings. The molecule has 0 aromatic carbocycles. The Hall–Kier alpha value is -0.610. The van der Waals surface area contributed by atoms with E-state index >= 15 is 0 Å². The first-order valence-corrected chi connectivity index (χ1v) is 7.68. The van der Waals surface area contributed by atoms with E-state index in [2.05, 4.69) is 19.2 Å². The molecule has 1 saturated heterocycles. The second-order valence-electron chi connectivity index (χ2n) is 5.99. The maximum atomic E-state index is 12.0. The van der Waals surface area contributed by atoms with Gasteiger partial charge in [-0.2, -0.15) is 0 Å². The molecule has 0 saturated carbocycles. The van der Waals surface area contributed by atoms with Crippen molar-refractivity contribution in [2.24, 2.45) is 11.7 Å². The molecule has 0 aliphatic carbocycles.